The van der Waals surface area contributed by atoms with Crippen LogP contribution in [-0.4, -0.2) is 98.6 Å². The average Bonchev–Trinajstić information content (AvgIpc) is 3.31. The van der Waals surface area contributed by atoms with Crippen molar-refractivity contribution >= 4 is 51.7 Å². The zero-order valence-electron chi connectivity index (χ0n) is 19.5. The molecule has 12 nitrogen and oxygen atoms in total. The molecular weight excluding hydrogens is 508 g/mol. The van der Waals surface area contributed by atoms with E-state index in [9.17, 15) is 24.6 Å². The molecule has 0 radical (unpaired) electrons. The number of piperidine rings is 1. The summed E-state index contributed by atoms with van der Waals surface area (Å²) in [6, 6.07) is -0.907. The smallest absolute Gasteiger partial charge is 0.352 e. The highest BCUT2D eigenvalue weighted by Gasteiger charge is 2.55. The molecule has 6 rings (SSSR count). The largest absolute Gasteiger partial charge is 0.477 e. The molecule has 0 unspecified atom stereocenters. The molecule has 2 saturated heterocycles. The first-order valence-corrected chi connectivity index (χ1v) is 13.4. The summed E-state index contributed by atoms with van der Waals surface area (Å²) in [5, 5.41) is 27.5. The molecule has 2 atom stereocenters. The van der Waals surface area contributed by atoms with Crippen LogP contribution in [0.3, 0.4) is 0 Å². The molecule has 0 aliphatic carbocycles. The molecule has 0 aromatic carbocycles. The summed E-state index contributed by atoms with van der Waals surface area (Å²) in [6.45, 7) is 2.26. The highest BCUT2D eigenvalue weighted by Crippen LogP contribution is 2.43. The number of nitrogens with two attached hydrogens (primary N) is 1. The van der Waals surface area contributed by atoms with E-state index in [1.54, 1.807) is 5.38 Å². The summed E-state index contributed by atoms with van der Waals surface area (Å²) in [6.07, 6.45) is 4.01. The van der Waals surface area contributed by atoms with Gasteiger partial charge in [-0.1, -0.05) is 5.16 Å². The van der Waals surface area contributed by atoms with Gasteiger partial charge in [-0.3, -0.25) is 19.0 Å². The van der Waals surface area contributed by atoms with E-state index in [2.05, 4.69) is 21.7 Å². The Bertz CT molecular complexity index is 1200. The molecule has 2 fully saturated rings. The van der Waals surface area contributed by atoms with Crippen LogP contribution < -0.4 is 11.1 Å². The normalized spacial score (nSPS) is 29.4. The molecule has 1 aromatic heterocycles. The number of thioether (sulfide) groups is 1. The second-order valence-electron chi connectivity index (χ2n) is 9.27. The van der Waals surface area contributed by atoms with Gasteiger partial charge in [0.1, 0.15) is 36.5 Å². The minimum atomic E-state index is -1.16. The van der Waals surface area contributed by atoms with Crippen LogP contribution in [0.2, 0.25) is 0 Å². The molecule has 5 aliphatic heterocycles. The predicted octanol–water partition coefficient (Wildman–Crippen LogP) is -0.0690. The lowest BCUT2D eigenvalue weighted by molar-refractivity contribution is -0.885. The topological polar surface area (TPSA) is 167 Å². The molecular formula is C22H27N6O6S2+. The van der Waals surface area contributed by atoms with E-state index in [1.165, 1.54) is 23.8 Å². The van der Waals surface area contributed by atoms with Crippen molar-refractivity contribution in [3.05, 3.63) is 34.1 Å². The fraction of sp³-hybridized carbons (Fsp3) is 0.500. The number of carbonyl (C=O) groups excluding carboxylic acids is 2. The van der Waals surface area contributed by atoms with Gasteiger partial charge in [0.25, 0.3) is 11.8 Å². The molecule has 192 valence electrons. The maximum Gasteiger partial charge on any atom is 0.352 e. The Kier molecular flexibility index (Phi) is 6.53. The predicted molar refractivity (Wildman–Crippen MR) is 133 cm³/mol. The monoisotopic (exact) mass is 535 g/mol. The van der Waals surface area contributed by atoms with Crippen molar-refractivity contribution in [2.75, 3.05) is 44.8 Å². The van der Waals surface area contributed by atoms with Gasteiger partial charge in [-0.2, -0.15) is 0 Å². The maximum absolute atomic E-state index is 13.1. The number of aliphatic hydroxyl groups is 1. The number of aliphatic hydroxyl groups excluding tert-OH is 1. The lowest BCUT2D eigenvalue weighted by Gasteiger charge is -2.51. The van der Waals surface area contributed by atoms with Gasteiger partial charge in [-0.05, 0) is 5.92 Å². The molecule has 0 spiro atoms. The molecule has 36 heavy (non-hydrogen) atoms. The minimum absolute atomic E-state index is 0.00792. The summed E-state index contributed by atoms with van der Waals surface area (Å²) in [5.41, 5.74) is 7.46. The van der Waals surface area contributed by atoms with Crippen molar-refractivity contribution in [2.45, 2.75) is 24.3 Å². The molecule has 5 aliphatic rings. The minimum Gasteiger partial charge on any atom is -0.477 e. The summed E-state index contributed by atoms with van der Waals surface area (Å²) in [5.74, 6) is -1.49. The van der Waals surface area contributed by atoms with Crippen molar-refractivity contribution in [3.8, 4) is 0 Å². The number of thiazole rings is 1. The first-order chi connectivity index (χ1) is 17.3. The highest BCUT2D eigenvalue weighted by molar-refractivity contribution is 8.00. The molecule has 14 heteroatoms. The fourth-order valence-electron chi connectivity index (χ4n) is 5.50. The number of aromatic nitrogens is 1. The van der Waals surface area contributed by atoms with Gasteiger partial charge < -0.3 is 26.1 Å². The van der Waals surface area contributed by atoms with Gasteiger partial charge in [0, 0.05) is 35.1 Å². The Morgan fingerprint density at radius 1 is 1.39 bits per heavy atom. The Morgan fingerprint density at radius 3 is 2.75 bits per heavy atom. The molecule has 0 saturated carbocycles. The fourth-order valence-corrected chi connectivity index (χ4v) is 7.38. The van der Waals surface area contributed by atoms with Crippen LogP contribution in [0.25, 0.3) is 0 Å². The van der Waals surface area contributed by atoms with Gasteiger partial charge in [-0.15, -0.1) is 23.1 Å². The van der Waals surface area contributed by atoms with Crippen LogP contribution in [0.5, 0.6) is 0 Å². The van der Waals surface area contributed by atoms with Crippen LogP contribution in [0.15, 0.2) is 33.6 Å². The Hall–Kier alpha value is -2.94. The second kappa shape index (κ2) is 9.50. The number of nitrogen functional groups attached to an aromatic ring is 1. The number of quaternary nitrogens is 1. The molecule has 6 heterocycles. The first-order valence-electron chi connectivity index (χ1n) is 11.5. The van der Waals surface area contributed by atoms with Crippen molar-refractivity contribution in [2.24, 2.45) is 11.1 Å². The molecule has 1 aromatic rings. The number of nitrogens with zero attached hydrogens (tertiary/aromatic N) is 4. The van der Waals surface area contributed by atoms with Crippen molar-refractivity contribution < 1.29 is 33.9 Å². The zero-order valence-corrected chi connectivity index (χ0v) is 21.2. The third-order valence-corrected chi connectivity index (χ3v) is 9.21. The summed E-state index contributed by atoms with van der Waals surface area (Å²) >= 11 is 2.56. The van der Waals surface area contributed by atoms with Gasteiger partial charge >= 0.3 is 5.97 Å². The number of aliphatic carboxylic acids is 1. The van der Waals surface area contributed by atoms with Gasteiger partial charge in [0.05, 0.1) is 25.9 Å². The van der Waals surface area contributed by atoms with E-state index >= 15 is 0 Å². The van der Waals surface area contributed by atoms with Crippen molar-refractivity contribution in [1.82, 2.24) is 15.2 Å². The number of hydrogen-bond donors (Lipinski definition) is 4. The van der Waals surface area contributed by atoms with Gasteiger partial charge in [0.15, 0.2) is 10.8 Å². The van der Waals surface area contributed by atoms with E-state index in [0.29, 0.717) is 28.3 Å². The number of carboxylic acid groups (broad SMARTS) is 1. The molecule has 2 bridgehead atoms. The lowest BCUT2D eigenvalue weighted by Crippen LogP contribution is -2.71. The average molecular weight is 536 g/mol. The van der Waals surface area contributed by atoms with E-state index < -0.39 is 29.2 Å². The third-order valence-electron chi connectivity index (χ3n) is 7.20. The zero-order chi connectivity index (χ0) is 25.6. The van der Waals surface area contributed by atoms with Gasteiger partial charge in [-0.25, -0.2) is 9.78 Å². The number of fused-ring (bicyclic) bond motifs is 3. The lowest BCUT2D eigenvalue weighted by atomic mass is 9.83. The quantitative estimate of drug-likeness (QED) is 0.154. The number of amides is 2. The number of carboxylic acids is 1. The summed E-state index contributed by atoms with van der Waals surface area (Å²) in [4.78, 5) is 48.4. The highest BCUT2D eigenvalue weighted by atomic mass is 32.2. The van der Waals surface area contributed by atoms with Crippen LogP contribution >= 0.6 is 23.1 Å². The van der Waals surface area contributed by atoms with E-state index in [1.807, 2.05) is 0 Å². The summed E-state index contributed by atoms with van der Waals surface area (Å²) in [7, 11) is 1.29. The maximum atomic E-state index is 13.1. The molecule has 2 amide bonds. The number of anilines is 1. The van der Waals surface area contributed by atoms with Crippen molar-refractivity contribution in [3.63, 3.8) is 0 Å². The van der Waals surface area contributed by atoms with E-state index in [0.717, 1.165) is 42.8 Å². The number of rotatable bonds is 8. The molecule has 5 N–H and O–H groups in total. The van der Waals surface area contributed by atoms with Crippen LogP contribution in [0.1, 0.15) is 18.5 Å². The van der Waals surface area contributed by atoms with Crippen molar-refractivity contribution in [1.29, 1.82) is 0 Å². The van der Waals surface area contributed by atoms with E-state index in [4.69, 9.17) is 10.6 Å². The Labute approximate surface area is 215 Å². The number of carbonyl (C=O) groups is 3. The first kappa shape index (κ1) is 24.7. The third kappa shape index (κ3) is 4.17. The van der Waals surface area contributed by atoms with Crippen LogP contribution in [-0.2, 0) is 19.2 Å². The number of hydrogen-bond acceptors (Lipinski definition) is 10. The van der Waals surface area contributed by atoms with Gasteiger partial charge in [0.2, 0.25) is 0 Å². The summed E-state index contributed by atoms with van der Waals surface area (Å²) < 4.78 is 0.597. The number of nitrogens with one attached hydrogen (secondary N) is 1. The number of β-lactam (4-membered cyclic amide) rings is 1. The second-order valence-corrected chi connectivity index (χ2v) is 11.3. The Balaban J connectivity index is 1.35. The number of oxime groups is 1. The van der Waals surface area contributed by atoms with E-state index in [-0.39, 0.29) is 28.8 Å². The SMILES string of the molecule is CO/N=C(\C(=O)N[C@@H]1C(=O)N2C(C(=O)O)=C(C[N+]34C=C(CO)C(CC3)CC4)CS[C@H]12)c1csc(N)n1. The van der Waals surface area contributed by atoms with Crippen LogP contribution in [0, 0.1) is 5.92 Å². The van der Waals surface area contributed by atoms with Crippen LogP contribution in [0.4, 0.5) is 5.13 Å². The Morgan fingerprint density at radius 2 is 2.14 bits per heavy atom. The standard InChI is InChI=1S/C22H26N6O6S2/c1-34-26-15(14-10-36-22(23)24-14)18(30)25-16-19(31)27-17(21(32)33)13(9-35-20(16)27)7-28-4-2-11(3-5-28)12(6-28)8-29/h6,10-11,16,20,29H,2-5,7-9H2,1H3,(H3-,23,24,25,30,32,33)/p+1/b26-15-/t11?,16-,20-,28?/m1/s1.